The molecule has 0 aliphatic rings. The van der Waals surface area contributed by atoms with Crippen molar-refractivity contribution in [2.45, 2.75) is 39.3 Å². The van der Waals surface area contributed by atoms with E-state index in [-0.39, 0.29) is 0 Å². The number of nitrogens with one attached hydrogen (secondary N) is 1. The second-order valence-corrected chi connectivity index (χ2v) is 5.70. The Morgan fingerprint density at radius 1 is 0.905 bits per heavy atom. The molecule has 0 saturated heterocycles. The van der Waals surface area contributed by atoms with Gasteiger partial charge in [0.1, 0.15) is 0 Å². The molecule has 1 atom stereocenters. The van der Waals surface area contributed by atoms with Crippen LogP contribution in [0.2, 0.25) is 0 Å². The van der Waals surface area contributed by atoms with Gasteiger partial charge in [0.15, 0.2) is 0 Å². The number of hydrogen-bond acceptors (Lipinski definition) is 1. The van der Waals surface area contributed by atoms with Crippen molar-refractivity contribution in [1.82, 2.24) is 9.88 Å². The molecule has 0 fully saturated rings. The lowest BCUT2D eigenvalue weighted by atomic mass is 10.2. The molecular weight excluding hydrogens is 256 g/mol. The summed E-state index contributed by atoms with van der Waals surface area (Å²) in [5.41, 5.74) is 2.69. The zero-order valence-electron chi connectivity index (χ0n) is 13.0. The Bertz CT molecular complexity index is 673. The van der Waals surface area contributed by atoms with E-state index in [0.29, 0.717) is 6.04 Å². The molecule has 0 radical (unpaired) electrons. The number of para-hydroxylation sites is 2. The van der Waals surface area contributed by atoms with Gasteiger partial charge in [0.05, 0.1) is 0 Å². The molecule has 0 aliphatic heterocycles. The van der Waals surface area contributed by atoms with E-state index in [1.807, 2.05) is 0 Å². The van der Waals surface area contributed by atoms with E-state index < -0.39 is 0 Å². The summed E-state index contributed by atoms with van der Waals surface area (Å²) < 4.78 is 2.47. The third kappa shape index (κ3) is 2.68. The summed E-state index contributed by atoms with van der Waals surface area (Å²) in [6.07, 6.45) is 2.34. The first-order valence-corrected chi connectivity index (χ1v) is 8.04. The lowest BCUT2D eigenvalue weighted by Crippen LogP contribution is -2.33. The maximum absolute atomic E-state index is 3.67. The van der Waals surface area contributed by atoms with E-state index in [1.165, 1.54) is 28.2 Å². The maximum Gasteiger partial charge on any atom is 0.0491 e. The van der Waals surface area contributed by atoms with E-state index in [0.717, 1.165) is 19.5 Å². The topological polar surface area (TPSA) is 17.0 Å². The number of fused-ring (bicyclic) bond motifs is 3. The quantitative estimate of drug-likeness (QED) is 0.699. The summed E-state index contributed by atoms with van der Waals surface area (Å²) in [6.45, 7) is 6.61. The van der Waals surface area contributed by atoms with Gasteiger partial charge in [-0.1, -0.05) is 50.2 Å². The molecule has 2 aromatic carbocycles. The summed E-state index contributed by atoms with van der Waals surface area (Å²) in [4.78, 5) is 0. The minimum Gasteiger partial charge on any atom is -0.339 e. The van der Waals surface area contributed by atoms with Crippen LogP contribution >= 0.6 is 0 Å². The fraction of sp³-hybridized carbons (Fsp3) is 0.368. The van der Waals surface area contributed by atoms with Crippen molar-refractivity contribution in [3.05, 3.63) is 48.5 Å². The number of rotatable bonds is 6. The highest BCUT2D eigenvalue weighted by atomic mass is 15.0. The molecule has 0 bridgehead atoms. The van der Waals surface area contributed by atoms with Crippen LogP contribution in [-0.2, 0) is 6.54 Å². The molecule has 3 rings (SSSR count). The fourth-order valence-corrected chi connectivity index (χ4v) is 3.11. The number of aromatic nitrogens is 1. The van der Waals surface area contributed by atoms with Crippen LogP contribution in [0.4, 0.5) is 0 Å². The first kappa shape index (κ1) is 14.2. The molecule has 2 nitrogen and oxygen atoms in total. The van der Waals surface area contributed by atoms with Crippen LogP contribution in [0.3, 0.4) is 0 Å². The van der Waals surface area contributed by atoms with Gasteiger partial charge in [-0.3, -0.25) is 0 Å². The van der Waals surface area contributed by atoms with Crippen molar-refractivity contribution in [2.24, 2.45) is 0 Å². The molecule has 1 N–H and O–H groups in total. The Balaban J connectivity index is 2.06. The third-order valence-corrected chi connectivity index (χ3v) is 4.26. The molecule has 0 spiro atoms. The lowest BCUT2D eigenvalue weighted by Gasteiger charge is -2.19. The number of benzene rings is 2. The zero-order chi connectivity index (χ0) is 14.7. The molecule has 0 saturated carbocycles. The molecule has 2 heteroatoms. The summed E-state index contributed by atoms with van der Waals surface area (Å²) in [5.74, 6) is 0. The minimum atomic E-state index is 0.532. The molecular formula is C19H24N2. The van der Waals surface area contributed by atoms with Crippen LogP contribution in [0.25, 0.3) is 21.8 Å². The highest BCUT2D eigenvalue weighted by Gasteiger charge is 2.13. The predicted molar refractivity (Wildman–Crippen MR) is 91.8 cm³/mol. The summed E-state index contributed by atoms with van der Waals surface area (Å²) >= 11 is 0. The summed E-state index contributed by atoms with van der Waals surface area (Å²) in [7, 11) is 0. The van der Waals surface area contributed by atoms with Crippen molar-refractivity contribution in [2.75, 3.05) is 6.54 Å². The first-order chi connectivity index (χ1) is 10.3. The Kier molecular flexibility index (Phi) is 4.26. The van der Waals surface area contributed by atoms with E-state index in [4.69, 9.17) is 0 Å². The van der Waals surface area contributed by atoms with E-state index in [9.17, 15) is 0 Å². The fourth-order valence-electron chi connectivity index (χ4n) is 3.11. The number of hydrogen-bond donors (Lipinski definition) is 1. The van der Waals surface area contributed by atoms with Gasteiger partial charge < -0.3 is 9.88 Å². The van der Waals surface area contributed by atoms with Crippen LogP contribution in [0.15, 0.2) is 48.5 Å². The number of nitrogens with zero attached hydrogens (tertiary/aromatic N) is 1. The van der Waals surface area contributed by atoms with Crippen LogP contribution in [0.5, 0.6) is 0 Å². The predicted octanol–water partition coefficient (Wildman–Crippen LogP) is 4.57. The van der Waals surface area contributed by atoms with Gasteiger partial charge in [-0.05, 0) is 31.5 Å². The third-order valence-electron chi connectivity index (χ3n) is 4.26. The average Bonchev–Trinajstić information content (AvgIpc) is 2.86. The molecule has 0 aliphatic carbocycles. The smallest absolute Gasteiger partial charge is 0.0491 e. The van der Waals surface area contributed by atoms with E-state index in [1.54, 1.807) is 0 Å². The van der Waals surface area contributed by atoms with E-state index >= 15 is 0 Å². The molecule has 0 amide bonds. The Labute approximate surface area is 126 Å². The van der Waals surface area contributed by atoms with Gasteiger partial charge in [0.25, 0.3) is 0 Å². The maximum atomic E-state index is 3.67. The minimum absolute atomic E-state index is 0.532. The molecule has 1 heterocycles. The van der Waals surface area contributed by atoms with E-state index in [2.05, 4.69) is 72.3 Å². The second-order valence-electron chi connectivity index (χ2n) is 5.70. The van der Waals surface area contributed by atoms with Gasteiger partial charge in [0, 0.05) is 34.4 Å². The SMILES string of the molecule is CCCNC(CC)Cn1c2ccccc2c2ccccc21. The van der Waals surface area contributed by atoms with Gasteiger partial charge in [-0.2, -0.15) is 0 Å². The first-order valence-electron chi connectivity index (χ1n) is 8.04. The highest BCUT2D eigenvalue weighted by molar-refractivity contribution is 6.07. The van der Waals surface area contributed by atoms with Gasteiger partial charge in [-0.15, -0.1) is 0 Å². The molecule has 110 valence electrons. The largest absolute Gasteiger partial charge is 0.339 e. The molecule has 1 aromatic heterocycles. The van der Waals surface area contributed by atoms with Crippen LogP contribution in [0.1, 0.15) is 26.7 Å². The Morgan fingerprint density at radius 3 is 2.00 bits per heavy atom. The normalized spacial score (nSPS) is 13.0. The lowest BCUT2D eigenvalue weighted by molar-refractivity contribution is 0.447. The van der Waals surface area contributed by atoms with Crippen LogP contribution < -0.4 is 5.32 Å². The van der Waals surface area contributed by atoms with Crippen LogP contribution in [-0.4, -0.2) is 17.2 Å². The summed E-state index contributed by atoms with van der Waals surface area (Å²) in [6, 6.07) is 18.0. The standard InChI is InChI=1S/C19H24N2/c1-3-13-20-15(4-2)14-21-18-11-7-5-9-16(18)17-10-6-8-12-19(17)21/h5-12,15,20H,3-4,13-14H2,1-2H3. The molecule has 1 unspecified atom stereocenters. The van der Waals surface area contributed by atoms with Crippen LogP contribution in [0, 0.1) is 0 Å². The Morgan fingerprint density at radius 2 is 1.48 bits per heavy atom. The average molecular weight is 280 g/mol. The van der Waals surface area contributed by atoms with Crippen molar-refractivity contribution in [3.8, 4) is 0 Å². The Hall–Kier alpha value is -1.80. The van der Waals surface area contributed by atoms with Crippen molar-refractivity contribution in [1.29, 1.82) is 0 Å². The van der Waals surface area contributed by atoms with Gasteiger partial charge in [0.2, 0.25) is 0 Å². The van der Waals surface area contributed by atoms with Crippen molar-refractivity contribution in [3.63, 3.8) is 0 Å². The van der Waals surface area contributed by atoms with Crippen molar-refractivity contribution < 1.29 is 0 Å². The van der Waals surface area contributed by atoms with Crippen molar-refractivity contribution >= 4 is 21.8 Å². The zero-order valence-corrected chi connectivity index (χ0v) is 13.0. The van der Waals surface area contributed by atoms with Gasteiger partial charge >= 0.3 is 0 Å². The monoisotopic (exact) mass is 280 g/mol. The summed E-state index contributed by atoms with van der Waals surface area (Å²) in [5, 5.41) is 6.39. The second kappa shape index (κ2) is 6.31. The van der Waals surface area contributed by atoms with Gasteiger partial charge in [-0.25, -0.2) is 0 Å². The molecule has 21 heavy (non-hydrogen) atoms. The highest BCUT2D eigenvalue weighted by Crippen LogP contribution is 2.28. The molecule has 3 aromatic rings.